The predicted octanol–water partition coefficient (Wildman–Crippen LogP) is 22.4. The molecule has 0 amide bonds. The Morgan fingerprint density at radius 2 is 0.621 bits per heavy atom. The highest BCUT2D eigenvalue weighted by molar-refractivity contribution is 5.70. The van der Waals surface area contributed by atoms with Crippen molar-refractivity contribution in [2.75, 3.05) is 47.5 Å². The number of carbonyl (C=O) groups excluding carboxylic acids is 3. The Bertz CT molecular complexity index is 1570. The lowest BCUT2D eigenvalue weighted by Crippen LogP contribution is -2.44. The molecule has 0 saturated heterocycles. The van der Waals surface area contributed by atoms with Crippen molar-refractivity contribution in [1.29, 1.82) is 0 Å². The van der Waals surface area contributed by atoms with E-state index in [4.69, 9.17) is 18.9 Å². The number of carboxylic acid groups (broad SMARTS) is 1. The fraction of sp³-hybridized carbons (Fsp3) is 0.859. The summed E-state index contributed by atoms with van der Waals surface area (Å²) in [4.78, 5) is 37.5. The van der Waals surface area contributed by atoms with E-state index in [-0.39, 0.29) is 32.2 Å². The first-order chi connectivity index (χ1) is 42.6. The van der Waals surface area contributed by atoms with E-state index in [2.05, 4.69) is 62.5 Å². The van der Waals surface area contributed by atoms with Gasteiger partial charge in [-0.15, -0.1) is 0 Å². The highest BCUT2D eigenvalue weighted by Gasteiger charge is 2.22. The van der Waals surface area contributed by atoms with E-state index in [0.29, 0.717) is 17.4 Å². The molecule has 0 aliphatic carbocycles. The van der Waals surface area contributed by atoms with Crippen LogP contribution >= 0.6 is 0 Å². The number of unbranched alkanes of at least 4 members (excludes halogenated alkanes) is 48. The van der Waals surface area contributed by atoms with Crippen molar-refractivity contribution in [2.45, 2.75) is 386 Å². The minimum atomic E-state index is -1.62. The van der Waals surface area contributed by atoms with Gasteiger partial charge in [0.15, 0.2) is 12.4 Å². The van der Waals surface area contributed by atoms with Crippen LogP contribution in [0.4, 0.5) is 0 Å². The standard InChI is InChI=1S/C78H145NO8/c1-6-8-10-12-14-16-18-20-22-24-26-28-30-32-34-35-36-37-38-39-40-41-43-45-47-49-51-53-55-57-59-61-63-65-67-69-76(81)87-74(73-86-78(77(82)83)84-71-70-79(3,4)5)72-85-75(80)68-66-64-62-60-58-56-54-52-50-48-46-44-42-33-31-29-27-25-23-21-19-17-15-13-11-9-7-2/h18-21,24-27,74,78H,6-17,22-23,28-73H2,1-5H3/b20-18-,21-19-,26-24-,27-25-. The fourth-order valence-electron chi connectivity index (χ4n) is 11.2. The van der Waals surface area contributed by atoms with Gasteiger partial charge >= 0.3 is 11.9 Å². The molecular weight excluding hydrogens is 1080 g/mol. The monoisotopic (exact) mass is 1220 g/mol. The van der Waals surface area contributed by atoms with E-state index in [1.165, 1.54) is 295 Å². The molecule has 87 heavy (non-hydrogen) atoms. The Labute approximate surface area is 540 Å². The summed E-state index contributed by atoms with van der Waals surface area (Å²) in [7, 11) is 5.95. The van der Waals surface area contributed by atoms with E-state index in [1.807, 2.05) is 21.1 Å². The number of nitrogens with zero attached hydrogens (tertiary/aromatic N) is 1. The molecule has 2 unspecified atom stereocenters. The van der Waals surface area contributed by atoms with E-state index in [0.717, 1.165) is 51.4 Å². The van der Waals surface area contributed by atoms with Crippen LogP contribution in [0.15, 0.2) is 48.6 Å². The van der Waals surface area contributed by atoms with Gasteiger partial charge in [0.1, 0.15) is 13.2 Å². The number of ether oxygens (including phenoxy) is 4. The van der Waals surface area contributed by atoms with E-state index >= 15 is 0 Å². The van der Waals surface area contributed by atoms with Gasteiger partial charge < -0.3 is 33.3 Å². The third kappa shape index (κ3) is 70.6. The van der Waals surface area contributed by atoms with Gasteiger partial charge in [0.05, 0.1) is 40.3 Å². The zero-order valence-electron chi connectivity index (χ0n) is 58.4. The molecule has 0 heterocycles. The van der Waals surface area contributed by atoms with Gasteiger partial charge in [0.2, 0.25) is 0 Å². The lowest BCUT2D eigenvalue weighted by atomic mass is 10.0. The number of quaternary nitrogens is 1. The maximum atomic E-state index is 13.0. The fourth-order valence-corrected chi connectivity index (χ4v) is 11.2. The Morgan fingerprint density at radius 3 is 0.908 bits per heavy atom. The highest BCUT2D eigenvalue weighted by atomic mass is 16.7. The summed E-state index contributed by atoms with van der Waals surface area (Å²) >= 11 is 0. The smallest absolute Gasteiger partial charge is 0.306 e. The Balaban J connectivity index is 4.01. The van der Waals surface area contributed by atoms with E-state index in [9.17, 15) is 19.5 Å². The van der Waals surface area contributed by atoms with Crippen molar-refractivity contribution < 1.29 is 42.9 Å². The van der Waals surface area contributed by atoms with Gasteiger partial charge in [0.25, 0.3) is 0 Å². The Morgan fingerprint density at radius 1 is 0.345 bits per heavy atom. The molecule has 9 nitrogen and oxygen atoms in total. The van der Waals surface area contributed by atoms with E-state index < -0.39 is 24.3 Å². The van der Waals surface area contributed by atoms with Gasteiger partial charge in [-0.3, -0.25) is 9.59 Å². The molecule has 0 saturated carbocycles. The normalized spacial score (nSPS) is 12.9. The zero-order chi connectivity index (χ0) is 63.3. The second-order valence-electron chi connectivity index (χ2n) is 26.9. The van der Waals surface area contributed by atoms with Crippen molar-refractivity contribution >= 4 is 17.9 Å². The summed E-state index contributed by atoms with van der Waals surface area (Å²) in [6.45, 7) is 4.79. The van der Waals surface area contributed by atoms with Crippen LogP contribution < -0.4 is 5.11 Å². The maximum Gasteiger partial charge on any atom is 0.306 e. The average Bonchev–Trinajstić information content (AvgIpc) is 3.56. The number of hydrogen-bond acceptors (Lipinski definition) is 8. The van der Waals surface area contributed by atoms with Crippen molar-refractivity contribution in [3.05, 3.63) is 48.6 Å². The van der Waals surface area contributed by atoms with Crippen LogP contribution in [0.3, 0.4) is 0 Å². The first-order valence-corrected chi connectivity index (χ1v) is 37.8. The van der Waals surface area contributed by atoms with Gasteiger partial charge in [-0.25, -0.2) is 0 Å². The number of rotatable bonds is 71. The summed E-state index contributed by atoms with van der Waals surface area (Å²) in [6.07, 6.45) is 86.4. The molecule has 2 atom stereocenters. The van der Waals surface area contributed by atoms with Crippen molar-refractivity contribution in [2.24, 2.45) is 0 Å². The van der Waals surface area contributed by atoms with Crippen LogP contribution in [0.1, 0.15) is 373 Å². The molecule has 0 aromatic carbocycles. The predicted molar refractivity (Wildman–Crippen MR) is 371 cm³/mol. The molecule has 0 fully saturated rings. The minimum absolute atomic E-state index is 0.150. The highest BCUT2D eigenvalue weighted by Crippen LogP contribution is 2.19. The van der Waals surface area contributed by atoms with Crippen LogP contribution in [0.5, 0.6) is 0 Å². The first kappa shape index (κ1) is 84.2. The van der Waals surface area contributed by atoms with Crippen LogP contribution in [0.25, 0.3) is 0 Å². The lowest BCUT2D eigenvalue weighted by molar-refractivity contribution is -0.870. The molecule has 0 spiro atoms. The summed E-state index contributed by atoms with van der Waals surface area (Å²) < 4.78 is 22.9. The van der Waals surface area contributed by atoms with E-state index in [1.54, 1.807) is 0 Å². The number of hydrogen-bond donors (Lipinski definition) is 0. The number of aliphatic carboxylic acids is 1. The number of likely N-dealkylation sites (N-methyl/N-ethyl adjacent to an activating group) is 1. The number of carbonyl (C=O) groups is 3. The largest absolute Gasteiger partial charge is 0.545 e. The van der Waals surface area contributed by atoms with Gasteiger partial charge in [0, 0.05) is 12.8 Å². The number of allylic oxidation sites excluding steroid dienone is 8. The van der Waals surface area contributed by atoms with Crippen molar-refractivity contribution in [3.63, 3.8) is 0 Å². The van der Waals surface area contributed by atoms with Crippen molar-refractivity contribution in [3.8, 4) is 0 Å². The number of esters is 2. The van der Waals surface area contributed by atoms with Crippen LogP contribution in [-0.2, 0) is 33.3 Å². The second-order valence-corrected chi connectivity index (χ2v) is 26.9. The van der Waals surface area contributed by atoms with Crippen LogP contribution in [-0.4, -0.2) is 82.3 Å². The van der Waals surface area contributed by atoms with Gasteiger partial charge in [-0.1, -0.05) is 332 Å². The summed E-state index contributed by atoms with van der Waals surface area (Å²) in [5, 5.41) is 11.8. The summed E-state index contributed by atoms with van der Waals surface area (Å²) in [5.74, 6) is -2.26. The third-order valence-electron chi connectivity index (χ3n) is 17.0. The summed E-state index contributed by atoms with van der Waals surface area (Å²) in [5.41, 5.74) is 0. The van der Waals surface area contributed by atoms with Crippen LogP contribution in [0, 0.1) is 0 Å². The molecule has 0 aromatic rings. The Kier molecular flexibility index (Phi) is 67.0. The maximum absolute atomic E-state index is 13.0. The SMILES string of the molecule is CCCCCCC/C=C\C/C=C\CCCCCCCCCCCCCCCCCCCCCCCCCC(=O)OC(COC(=O)CCCCCCCCCCCCCCCCC/C=C\C/C=C\CCCCCCC)COC(OCC[N+](C)(C)C)C(=O)[O-]. The minimum Gasteiger partial charge on any atom is -0.545 e. The van der Waals surface area contributed by atoms with Gasteiger partial charge in [-0.05, 0) is 77.0 Å². The van der Waals surface area contributed by atoms with Crippen LogP contribution in [0.2, 0.25) is 0 Å². The molecule has 510 valence electrons. The van der Waals surface area contributed by atoms with Crippen molar-refractivity contribution in [1.82, 2.24) is 0 Å². The first-order valence-electron chi connectivity index (χ1n) is 37.8. The summed E-state index contributed by atoms with van der Waals surface area (Å²) in [6, 6.07) is 0. The molecule has 0 bridgehead atoms. The molecule has 9 heteroatoms. The topological polar surface area (TPSA) is 111 Å². The quantitative estimate of drug-likeness (QED) is 0.0195. The lowest BCUT2D eigenvalue weighted by Gasteiger charge is -2.26. The third-order valence-corrected chi connectivity index (χ3v) is 17.0. The molecule has 0 N–H and O–H groups in total. The molecule has 0 aliphatic heterocycles. The van der Waals surface area contributed by atoms with Gasteiger partial charge in [-0.2, -0.15) is 0 Å². The molecule has 0 radical (unpaired) electrons. The second kappa shape index (κ2) is 69.1. The molecular formula is C78H145NO8. The average molecular weight is 1230 g/mol. The molecule has 0 aromatic heterocycles. The zero-order valence-corrected chi connectivity index (χ0v) is 58.4. The number of carboxylic acids is 1. The molecule has 0 aliphatic rings. The Hall–Kier alpha value is -2.75. The molecule has 0 rings (SSSR count).